The van der Waals surface area contributed by atoms with Gasteiger partial charge in [0.15, 0.2) is 0 Å². The highest BCUT2D eigenvalue weighted by molar-refractivity contribution is 5.21. The summed E-state index contributed by atoms with van der Waals surface area (Å²) in [6, 6.07) is 1.65. The van der Waals surface area contributed by atoms with Crippen molar-refractivity contribution in [2.24, 2.45) is 0 Å². The molecule has 0 aromatic carbocycles. The Morgan fingerprint density at radius 2 is 2.00 bits per heavy atom. The van der Waals surface area contributed by atoms with E-state index in [1.165, 1.54) is 4.57 Å². The van der Waals surface area contributed by atoms with E-state index in [1.807, 2.05) is 0 Å². The molecule has 0 atom stereocenters. The van der Waals surface area contributed by atoms with E-state index in [0.29, 0.717) is 18.2 Å². The average Bonchev–Trinajstić information content (AvgIpc) is 2.18. The fourth-order valence-electron chi connectivity index (χ4n) is 1.56. The zero-order valence-corrected chi connectivity index (χ0v) is 9.77. The lowest BCUT2D eigenvalue weighted by Crippen LogP contribution is -2.25. The number of rotatable bonds is 3. The molecule has 0 fully saturated rings. The second-order valence-electron chi connectivity index (χ2n) is 3.97. The SMILES string of the molecule is C=C(C)Cn1c(CC)cc(C(F)(F)F)cc1=O. The highest BCUT2D eigenvalue weighted by Crippen LogP contribution is 2.28. The predicted octanol–water partition coefficient (Wildman–Crippen LogP) is 3.01. The van der Waals surface area contributed by atoms with Crippen LogP contribution in [0.2, 0.25) is 0 Å². The second kappa shape index (κ2) is 4.77. The van der Waals surface area contributed by atoms with Gasteiger partial charge in [-0.25, -0.2) is 0 Å². The van der Waals surface area contributed by atoms with Crippen molar-refractivity contribution in [3.8, 4) is 0 Å². The molecule has 1 rings (SSSR count). The summed E-state index contributed by atoms with van der Waals surface area (Å²) in [5.74, 6) is 0. The maximum absolute atomic E-state index is 12.5. The predicted molar refractivity (Wildman–Crippen MR) is 59.9 cm³/mol. The van der Waals surface area contributed by atoms with Gasteiger partial charge in [-0.2, -0.15) is 13.2 Å². The molecule has 0 spiro atoms. The van der Waals surface area contributed by atoms with Crippen LogP contribution in [0.3, 0.4) is 0 Å². The number of aromatic nitrogens is 1. The minimum Gasteiger partial charge on any atom is -0.309 e. The van der Waals surface area contributed by atoms with Crippen LogP contribution in [0.15, 0.2) is 29.1 Å². The van der Waals surface area contributed by atoms with Crippen molar-refractivity contribution >= 4 is 0 Å². The fourth-order valence-corrected chi connectivity index (χ4v) is 1.56. The van der Waals surface area contributed by atoms with Crippen molar-refractivity contribution < 1.29 is 13.2 Å². The Hall–Kier alpha value is -1.52. The Morgan fingerprint density at radius 1 is 1.41 bits per heavy atom. The van der Waals surface area contributed by atoms with Gasteiger partial charge in [-0.15, -0.1) is 0 Å². The number of pyridine rings is 1. The topological polar surface area (TPSA) is 22.0 Å². The second-order valence-corrected chi connectivity index (χ2v) is 3.97. The maximum atomic E-state index is 12.5. The number of hydrogen-bond acceptors (Lipinski definition) is 1. The molecule has 0 radical (unpaired) electrons. The molecule has 1 heterocycles. The van der Waals surface area contributed by atoms with Crippen molar-refractivity contribution in [3.63, 3.8) is 0 Å². The van der Waals surface area contributed by atoms with Gasteiger partial charge in [0.25, 0.3) is 5.56 Å². The van der Waals surface area contributed by atoms with Crippen LogP contribution in [0, 0.1) is 0 Å². The van der Waals surface area contributed by atoms with Crippen LogP contribution in [-0.4, -0.2) is 4.57 Å². The molecule has 0 aliphatic rings. The number of allylic oxidation sites excluding steroid dienone is 1. The van der Waals surface area contributed by atoms with E-state index < -0.39 is 17.3 Å². The molecule has 17 heavy (non-hydrogen) atoms. The van der Waals surface area contributed by atoms with Gasteiger partial charge in [0.05, 0.1) is 5.56 Å². The van der Waals surface area contributed by atoms with Crippen LogP contribution in [0.5, 0.6) is 0 Å². The van der Waals surface area contributed by atoms with Gasteiger partial charge < -0.3 is 4.57 Å². The Morgan fingerprint density at radius 3 is 2.41 bits per heavy atom. The molecule has 0 amide bonds. The van der Waals surface area contributed by atoms with E-state index >= 15 is 0 Å². The first-order chi connectivity index (χ1) is 7.75. The molecular formula is C12H14F3NO. The standard InChI is InChI=1S/C12H14F3NO/c1-4-10-5-9(12(13,14)15)6-11(17)16(10)7-8(2)3/h5-6H,2,4,7H2,1,3H3. The number of alkyl halides is 3. The van der Waals surface area contributed by atoms with Crippen LogP contribution >= 0.6 is 0 Å². The Bertz CT molecular complexity index is 486. The summed E-state index contributed by atoms with van der Waals surface area (Å²) in [5, 5.41) is 0. The lowest BCUT2D eigenvalue weighted by atomic mass is 10.1. The van der Waals surface area contributed by atoms with Crippen LogP contribution in [-0.2, 0) is 19.1 Å². The molecular weight excluding hydrogens is 231 g/mol. The van der Waals surface area contributed by atoms with E-state index in [1.54, 1.807) is 13.8 Å². The van der Waals surface area contributed by atoms with Crippen LogP contribution in [0.1, 0.15) is 25.1 Å². The molecule has 0 saturated heterocycles. The minimum absolute atomic E-state index is 0.250. The molecule has 0 aliphatic heterocycles. The molecule has 2 nitrogen and oxygen atoms in total. The largest absolute Gasteiger partial charge is 0.416 e. The van der Waals surface area contributed by atoms with Crippen molar-refractivity contribution in [1.82, 2.24) is 4.57 Å². The Balaban J connectivity index is 3.36. The van der Waals surface area contributed by atoms with E-state index in [0.717, 1.165) is 11.6 Å². The van der Waals surface area contributed by atoms with Crippen molar-refractivity contribution in [2.45, 2.75) is 33.0 Å². The Kier molecular flexibility index (Phi) is 3.80. The molecule has 1 aromatic heterocycles. The molecule has 1 aromatic rings. The third-order valence-corrected chi connectivity index (χ3v) is 2.33. The molecule has 0 bridgehead atoms. The molecule has 0 unspecified atom stereocenters. The third-order valence-electron chi connectivity index (χ3n) is 2.33. The van der Waals surface area contributed by atoms with Gasteiger partial charge in [-0.1, -0.05) is 19.1 Å². The first-order valence-corrected chi connectivity index (χ1v) is 5.21. The quantitative estimate of drug-likeness (QED) is 0.750. The highest BCUT2D eigenvalue weighted by Gasteiger charge is 2.31. The lowest BCUT2D eigenvalue weighted by molar-refractivity contribution is -0.137. The van der Waals surface area contributed by atoms with Gasteiger partial charge in [0.1, 0.15) is 0 Å². The molecule has 0 aliphatic carbocycles. The number of halogens is 3. The van der Waals surface area contributed by atoms with Crippen molar-refractivity contribution in [2.75, 3.05) is 0 Å². The van der Waals surface area contributed by atoms with Crippen molar-refractivity contribution in [3.05, 3.63) is 45.9 Å². The first-order valence-electron chi connectivity index (χ1n) is 5.21. The van der Waals surface area contributed by atoms with Gasteiger partial charge in [0, 0.05) is 18.3 Å². The summed E-state index contributed by atoms with van der Waals surface area (Å²) < 4.78 is 38.9. The van der Waals surface area contributed by atoms with Crippen LogP contribution in [0.4, 0.5) is 13.2 Å². The van der Waals surface area contributed by atoms with Crippen molar-refractivity contribution in [1.29, 1.82) is 0 Å². The third kappa shape index (κ3) is 3.22. The summed E-state index contributed by atoms with van der Waals surface area (Å²) in [5.41, 5.74) is -0.439. The summed E-state index contributed by atoms with van der Waals surface area (Å²) in [6.07, 6.45) is -4.11. The molecule has 94 valence electrons. The minimum atomic E-state index is -4.48. The Labute approximate surface area is 97.4 Å². The zero-order valence-electron chi connectivity index (χ0n) is 9.77. The smallest absolute Gasteiger partial charge is 0.309 e. The zero-order chi connectivity index (χ0) is 13.2. The summed E-state index contributed by atoms with van der Waals surface area (Å²) in [6.45, 7) is 7.34. The lowest BCUT2D eigenvalue weighted by Gasteiger charge is -2.14. The summed E-state index contributed by atoms with van der Waals surface area (Å²) >= 11 is 0. The molecule has 0 N–H and O–H groups in total. The molecule has 0 saturated carbocycles. The number of hydrogen-bond donors (Lipinski definition) is 0. The fraction of sp³-hybridized carbons (Fsp3) is 0.417. The average molecular weight is 245 g/mol. The summed E-state index contributed by atoms with van der Waals surface area (Å²) in [7, 11) is 0. The number of nitrogens with zero attached hydrogens (tertiary/aromatic N) is 1. The number of aryl methyl sites for hydroxylation is 1. The van der Waals surface area contributed by atoms with Gasteiger partial charge in [0.2, 0.25) is 0 Å². The van der Waals surface area contributed by atoms with Gasteiger partial charge >= 0.3 is 6.18 Å². The van der Waals surface area contributed by atoms with Gasteiger partial charge in [-0.05, 0) is 19.4 Å². The normalized spacial score (nSPS) is 11.6. The monoisotopic (exact) mass is 245 g/mol. The summed E-state index contributed by atoms with van der Waals surface area (Å²) in [4.78, 5) is 11.6. The maximum Gasteiger partial charge on any atom is 0.416 e. The first kappa shape index (κ1) is 13.5. The van der Waals surface area contributed by atoms with Gasteiger partial charge in [-0.3, -0.25) is 4.79 Å². The van der Waals surface area contributed by atoms with E-state index in [2.05, 4.69) is 6.58 Å². The van der Waals surface area contributed by atoms with E-state index in [-0.39, 0.29) is 6.54 Å². The van der Waals surface area contributed by atoms with Crippen LogP contribution < -0.4 is 5.56 Å². The van der Waals surface area contributed by atoms with E-state index in [9.17, 15) is 18.0 Å². The van der Waals surface area contributed by atoms with Crippen LogP contribution in [0.25, 0.3) is 0 Å². The molecule has 5 heteroatoms. The van der Waals surface area contributed by atoms with E-state index in [4.69, 9.17) is 0 Å². The highest BCUT2D eigenvalue weighted by atomic mass is 19.4.